The number of hydrogen-bond donors (Lipinski definition) is 1. The third-order valence-corrected chi connectivity index (χ3v) is 4.88. The summed E-state index contributed by atoms with van der Waals surface area (Å²) in [7, 11) is 6.49. The van der Waals surface area contributed by atoms with Crippen LogP contribution < -0.4 is 5.32 Å². The van der Waals surface area contributed by atoms with Crippen molar-refractivity contribution in [2.24, 2.45) is 0 Å². The van der Waals surface area contributed by atoms with Gasteiger partial charge in [-0.05, 0) is 53.9 Å². The summed E-state index contributed by atoms with van der Waals surface area (Å²) in [4.78, 5) is 4.93. The van der Waals surface area contributed by atoms with Gasteiger partial charge >= 0.3 is 0 Å². The van der Waals surface area contributed by atoms with E-state index in [0.717, 1.165) is 13.1 Å². The lowest BCUT2D eigenvalue weighted by Gasteiger charge is -2.40. The van der Waals surface area contributed by atoms with E-state index in [1.54, 1.807) is 0 Å². The summed E-state index contributed by atoms with van der Waals surface area (Å²) in [5.74, 6) is 0. The Labute approximate surface area is 120 Å². The van der Waals surface area contributed by atoms with Gasteiger partial charge in [0.25, 0.3) is 0 Å². The minimum absolute atomic E-state index is 0.420. The second-order valence-corrected chi connectivity index (χ2v) is 6.58. The Balaban J connectivity index is 2.46. The maximum atomic E-state index is 3.64. The summed E-state index contributed by atoms with van der Waals surface area (Å²) < 4.78 is 0. The second-order valence-electron chi connectivity index (χ2n) is 6.58. The molecule has 1 unspecified atom stereocenters. The first-order valence-corrected chi connectivity index (χ1v) is 8.10. The first kappa shape index (κ1) is 16.9. The highest BCUT2D eigenvalue weighted by atomic mass is 15.2. The van der Waals surface area contributed by atoms with Crippen molar-refractivity contribution >= 4 is 0 Å². The predicted molar refractivity (Wildman–Crippen MR) is 84.8 cm³/mol. The van der Waals surface area contributed by atoms with Crippen molar-refractivity contribution in [1.82, 2.24) is 15.1 Å². The van der Waals surface area contributed by atoms with E-state index < -0.39 is 0 Å². The van der Waals surface area contributed by atoms with Crippen molar-refractivity contribution in [2.45, 2.75) is 64.0 Å². The Morgan fingerprint density at radius 2 is 1.79 bits per heavy atom. The molecule has 114 valence electrons. The van der Waals surface area contributed by atoms with Gasteiger partial charge in [-0.3, -0.25) is 4.90 Å². The smallest absolute Gasteiger partial charge is 0.0194 e. The molecular weight excluding hydrogens is 234 g/mol. The van der Waals surface area contributed by atoms with Crippen LogP contribution in [0.25, 0.3) is 0 Å². The molecule has 0 aliphatic heterocycles. The van der Waals surface area contributed by atoms with E-state index >= 15 is 0 Å². The Morgan fingerprint density at radius 1 is 1.16 bits per heavy atom. The molecule has 1 rings (SSSR count). The Morgan fingerprint density at radius 3 is 2.26 bits per heavy atom. The molecule has 1 fully saturated rings. The lowest BCUT2D eigenvalue weighted by atomic mass is 9.79. The summed E-state index contributed by atoms with van der Waals surface area (Å²) in [5, 5.41) is 3.64. The summed E-state index contributed by atoms with van der Waals surface area (Å²) in [6.45, 7) is 8.19. The lowest BCUT2D eigenvalue weighted by molar-refractivity contribution is 0.143. The van der Waals surface area contributed by atoms with E-state index in [0.29, 0.717) is 11.6 Å². The average Bonchev–Trinajstić information content (AvgIpc) is 2.39. The summed E-state index contributed by atoms with van der Waals surface area (Å²) in [6, 6.07) is 0.650. The zero-order valence-corrected chi connectivity index (χ0v) is 13.8. The van der Waals surface area contributed by atoms with Crippen LogP contribution in [0.4, 0.5) is 0 Å². The highest BCUT2D eigenvalue weighted by Gasteiger charge is 2.30. The fourth-order valence-electron chi connectivity index (χ4n) is 3.55. The van der Waals surface area contributed by atoms with Gasteiger partial charge in [0.2, 0.25) is 0 Å². The van der Waals surface area contributed by atoms with Crippen molar-refractivity contribution < 1.29 is 0 Å². The molecule has 0 aromatic carbocycles. The number of nitrogens with one attached hydrogen (secondary N) is 1. The quantitative estimate of drug-likeness (QED) is 0.730. The second kappa shape index (κ2) is 8.23. The van der Waals surface area contributed by atoms with E-state index in [9.17, 15) is 0 Å². The Hall–Kier alpha value is -0.120. The van der Waals surface area contributed by atoms with Gasteiger partial charge < -0.3 is 10.2 Å². The Bertz CT molecular complexity index is 234. The molecule has 1 aliphatic carbocycles. The predicted octanol–water partition coefficient (Wildman–Crippen LogP) is 2.57. The van der Waals surface area contributed by atoms with Crippen molar-refractivity contribution in [2.75, 3.05) is 40.8 Å². The molecule has 0 radical (unpaired) electrons. The number of likely N-dealkylation sites (N-methyl/N-ethyl adjacent to an activating group) is 2. The van der Waals surface area contributed by atoms with Crippen LogP contribution in [0.5, 0.6) is 0 Å². The van der Waals surface area contributed by atoms with Crippen molar-refractivity contribution in [3.8, 4) is 0 Å². The summed E-state index contributed by atoms with van der Waals surface area (Å²) in [6.07, 6.45) is 8.26. The number of hydrogen-bond acceptors (Lipinski definition) is 3. The van der Waals surface area contributed by atoms with Gasteiger partial charge in [0.05, 0.1) is 0 Å². The third kappa shape index (κ3) is 5.41. The number of nitrogens with zero attached hydrogens (tertiary/aromatic N) is 2. The molecule has 0 bridgehead atoms. The van der Waals surface area contributed by atoms with E-state index in [1.165, 1.54) is 45.1 Å². The first-order valence-electron chi connectivity index (χ1n) is 8.10. The van der Waals surface area contributed by atoms with Gasteiger partial charge in [0, 0.05) is 24.7 Å². The zero-order valence-electron chi connectivity index (χ0n) is 13.8. The van der Waals surface area contributed by atoms with E-state index in [1.807, 2.05) is 0 Å². The van der Waals surface area contributed by atoms with Crippen LogP contribution in [0, 0.1) is 0 Å². The summed E-state index contributed by atoms with van der Waals surface area (Å²) >= 11 is 0. The van der Waals surface area contributed by atoms with Gasteiger partial charge in [-0.25, -0.2) is 0 Å². The van der Waals surface area contributed by atoms with Crippen molar-refractivity contribution in [1.29, 1.82) is 0 Å². The molecule has 0 spiro atoms. The molecule has 0 aromatic rings. The summed E-state index contributed by atoms with van der Waals surface area (Å²) in [5.41, 5.74) is 0.420. The highest BCUT2D eigenvalue weighted by Crippen LogP contribution is 2.31. The molecule has 1 atom stereocenters. The van der Waals surface area contributed by atoms with Gasteiger partial charge in [0.15, 0.2) is 0 Å². The zero-order chi connectivity index (χ0) is 14.3. The molecule has 3 nitrogen and oxygen atoms in total. The third-order valence-electron chi connectivity index (χ3n) is 4.88. The van der Waals surface area contributed by atoms with E-state index in [2.05, 4.69) is 50.1 Å². The van der Waals surface area contributed by atoms with Crippen LogP contribution in [0.1, 0.15) is 52.4 Å². The van der Waals surface area contributed by atoms with Gasteiger partial charge in [-0.1, -0.05) is 26.2 Å². The maximum Gasteiger partial charge on any atom is 0.0194 e. The minimum Gasteiger partial charge on any atom is -0.314 e. The van der Waals surface area contributed by atoms with Crippen LogP contribution in [-0.2, 0) is 0 Å². The molecule has 0 saturated heterocycles. The van der Waals surface area contributed by atoms with Crippen LogP contribution in [0.3, 0.4) is 0 Å². The molecule has 19 heavy (non-hydrogen) atoms. The van der Waals surface area contributed by atoms with E-state index in [-0.39, 0.29) is 0 Å². The van der Waals surface area contributed by atoms with Crippen LogP contribution >= 0.6 is 0 Å². The molecule has 0 amide bonds. The maximum absolute atomic E-state index is 3.64. The molecule has 0 heterocycles. The minimum atomic E-state index is 0.420. The van der Waals surface area contributed by atoms with Crippen molar-refractivity contribution in [3.63, 3.8) is 0 Å². The standard InChI is InChI=1S/C16H35N3/c1-6-19(15(2)14-18(4)5)13-12-16(17-3)10-8-7-9-11-16/h15,17H,6-14H2,1-5H3. The fourth-order valence-corrected chi connectivity index (χ4v) is 3.55. The van der Waals surface area contributed by atoms with Crippen LogP contribution in [-0.4, -0.2) is 62.2 Å². The largest absolute Gasteiger partial charge is 0.314 e. The van der Waals surface area contributed by atoms with Gasteiger partial charge in [-0.15, -0.1) is 0 Å². The fraction of sp³-hybridized carbons (Fsp3) is 1.00. The molecule has 3 heteroatoms. The highest BCUT2D eigenvalue weighted by molar-refractivity contribution is 4.90. The molecule has 1 saturated carbocycles. The van der Waals surface area contributed by atoms with E-state index in [4.69, 9.17) is 0 Å². The lowest BCUT2D eigenvalue weighted by Crippen LogP contribution is -2.49. The SMILES string of the molecule is CCN(CCC1(NC)CCCCC1)C(C)CN(C)C. The van der Waals surface area contributed by atoms with Crippen LogP contribution in [0.15, 0.2) is 0 Å². The van der Waals surface area contributed by atoms with Crippen molar-refractivity contribution in [3.05, 3.63) is 0 Å². The Kier molecular flexibility index (Phi) is 7.33. The molecular formula is C16H35N3. The normalized spacial score (nSPS) is 21.0. The molecule has 1 aliphatic rings. The first-order chi connectivity index (χ1) is 9.03. The van der Waals surface area contributed by atoms with Crippen LogP contribution in [0.2, 0.25) is 0 Å². The van der Waals surface area contributed by atoms with Gasteiger partial charge in [-0.2, -0.15) is 0 Å². The average molecular weight is 269 g/mol. The number of rotatable bonds is 8. The topological polar surface area (TPSA) is 18.5 Å². The molecule has 1 N–H and O–H groups in total. The van der Waals surface area contributed by atoms with Gasteiger partial charge in [0.1, 0.15) is 0 Å². The molecule has 0 aromatic heterocycles. The monoisotopic (exact) mass is 269 g/mol.